The molecule has 1 fully saturated rings. The summed E-state index contributed by atoms with van der Waals surface area (Å²) in [6, 6.07) is 7.93. The van der Waals surface area contributed by atoms with Gasteiger partial charge in [-0.2, -0.15) is 0 Å². The number of benzene rings is 1. The van der Waals surface area contributed by atoms with Crippen molar-refractivity contribution in [2.75, 3.05) is 19.8 Å². The molecule has 1 atom stereocenters. The van der Waals surface area contributed by atoms with Crippen LogP contribution < -0.4 is 10.1 Å². The summed E-state index contributed by atoms with van der Waals surface area (Å²) >= 11 is 0. The van der Waals surface area contributed by atoms with E-state index >= 15 is 0 Å². The lowest BCUT2D eigenvalue weighted by molar-refractivity contribution is -0.147. The van der Waals surface area contributed by atoms with Gasteiger partial charge in [0.05, 0.1) is 13.2 Å². The number of ether oxygens (including phenoxy) is 2. The molecule has 2 rings (SSSR count). The van der Waals surface area contributed by atoms with Gasteiger partial charge in [-0.15, -0.1) is 0 Å². The van der Waals surface area contributed by atoms with E-state index in [9.17, 15) is 14.7 Å². The number of nitrogens with one attached hydrogen (secondary N) is 1. The first kappa shape index (κ1) is 19.2. The predicted molar refractivity (Wildman–Crippen MR) is 93.8 cm³/mol. The molecule has 138 valence electrons. The maximum atomic E-state index is 12.0. The second-order valence-electron chi connectivity index (χ2n) is 7.46. The van der Waals surface area contributed by atoms with E-state index in [1.54, 1.807) is 0 Å². The lowest BCUT2D eigenvalue weighted by Gasteiger charge is -2.23. The quantitative estimate of drug-likeness (QED) is 0.739. The number of carbonyl (C=O) groups is 2. The summed E-state index contributed by atoms with van der Waals surface area (Å²) in [5.74, 6) is -0.576. The van der Waals surface area contributed by atoms with Gasteiger partial charge in [0.2, 0.25) is 5.91 Å². The summed E-state index contributed by atoms with van der Waals surface area (Å²) in [4.78, 5) is 23.3. The summed E-state index contributed by atoms with van der Waals surface area (Å²) in [5.41, 5.74) is 0.0541. The van der Waals surface area contributed by atoms with Gasteiger partial charge in [0, 0.05) is 19.4 Å². The molecule has 2 N–H and O–H groups in total. The fourth-order valence-electron chi connectivity index (χ4n) is 2.69. The molecular weight excluding hydrogens is 322 g/mol. The van der Waals surface area contributed by atoms with E-state index in [0.29, 0.717) is 26.1 Å². The second kappa shape index (κ2) is 7.87. The Bertz CT molecular complexity index is 597. The third kappa shape index (κ3) is 5.19. The molecular formula is C19H27NO5. The summed E-state index contributed by atoms with van der Waals surface area (Å²) in [6.45, 7) is 7.23. The van der Waals surface area contributed by atoms with E-state index in [1.807, 2.05) is 24.3 Å². The van der Waals surface area contributed by atoms with E-state index < -0.39 is 11.5 Å². The van der Waals surface area contributed by atoms with Crippen molar-refractivity contribution in [1.29, 1.82) is 0 Å². The van der Waals surface area contributed by atoms with E-state index in [2.05, 4.69) is 26.1 Å². The zero-order valence-electron chi connectivity index (χ0n) is 15.1. The number of rotatable bonds is 7. The Kier molecular flexibility index (Phi) is 6.06. The van der Waals surface area contributed by atoms with Crippen LogP contribution in [0.5, 0.6) is 5.75 Å². The SMILES string of the molecule is CC(C)(C)c1ccc(OCCCC(=O)NC2(C(=O)O)CCOC2)cc1. The molecule has 1 aliphatic heterocycles. The molecule has 0 saturated carbocycles. The Hall–Kier alpha value is -2.08. The molecule has 25 heavy (non-hydrogen) atoms. The fourth-order valence-corrected chi connectivity index (χ4v) is 2.69. The number of carboxylic acid groups (broad SMARTS) is 1. The monoisotopic (exact) mass is 349 g/mol. The molecule has 6 nitrogen and oxygen atoms in total. The molecule has 0 radical (unpaired) electrons. The lowest BCUT2D eigenvalue weighted by atomic mass is 9.87. The molecule has 1 heterocycles. The van der Waals surface area contributed by atoms with Crippen molar-refractivity contribution in [3.05, 3.63) is 29.8 Å². The van der Waals surface area contributed by atoms with Crippen LogP contribution in [-0.4, -0.2) is 42.3 Å². The Morgan fingerprint density at radius 2 is 1.96 bits per heavy atom. The molecule has 0 spiro atoms. The third-order valence-electron chi connectivity index (χ3n) is 4.35. The highest BCUT2D eigenvalue weighted by Gasteiger charge is 2.43. The summed E-state index contributed by atoms with van der Waals surface area (Å²) in [5, 5.41) is 11.9. The highest BCUT2D eigenvalue weighted by molar-refractivity contribution is 5.87. The van der Waals surface area contributed by atoms with Gasteiger partial charge >= 0.3 is 5.97 Å². The summed E-state index contributed by atoms with van der Waals surface area (Å²) in [6.07, 6.45) is 1.03. The van der Waals surface area contributed by atoms with Gasteiger partial charge in [-0.1, -0.05) is 32.9 Å². The van der Waals surface area contributed by atoms with Gasteiger partial charge in [0.1, 0.15) is 5.75 Å². The largest absolute Gasteiger partial charge is 0.494 e. The Morgan fingerprint density at radius 3 is 2.48 bits per heavy atom. The summed E-state index contributed by atoms with van der Waals surface area (Å²) in [7, 11) is 0. The van der Waals surface area contributed by atoms with Crippen molar-refractivity contribution in [2.45, 2.75) is 51.0 Å². The third-order valence-corrected chi connectivity index (χ3v) is 4.35. The van der Waals surface area contributed by atoms with Crippen LogP contribution in [0.2, 0.25) is 0 Å². The normalized spacial score (nSPS) is 20.3. The minimum Gasteiger partial charge on any atom is -0.494 e. The number of aliphatic carboxylic acids is 1. The van der Waals surface area contributed by atoms with Crippen LogP contribution >= 0.6 is 0 Å². The van der Waals surface area contributed by atoms with E-state index in [1.165, 1.54) is 5.56 Å². The highest BCUT2D eigenvalue weighted by atomic mass is 16.5. The van der Waals surface area contributed by atoms with Crippen molar-refractivity contribution < 1.29 is 24.2 Å². The maximum Gasteiger partial charge on any atom is 0.331 e. The lowest BCUT2D eigenvalue weighted by Crippen LogP contribution is -2.55. The molecule has 1 amide bonds. The average Bonchev–Trinajstić information content (AvgIpc) is 3.01. The van der Waals surface area contributed by atoms with Gasteiger partial charge < -0.3 is 19.9 Å². The Balaban J connectivity index is 1.74. The van der Waals surface area contributed by atoms with E-state index in [-0.39, 0.29) is 24.3 Å². The van der Waals surface area contributed by atoms with Crippen LogP contribution in [0.1, 0.15) is 45.6 Å². The molecule has 1 aromatic rings. The van der Waals surface area contributed by atoms with Gasteiger partial charge in [0.15, 0.2) is 5.54 Å². The van der Waals surface area contributed by atoms with E-state index in [0.717, 1.165) is 5.75 Å². The first-order chi connectivity index (χ1) is 11.7. The minimum absolute atomic E-state index is 0.0186. The number of hydrogen-bond acceptors (Lipinski definition) is 4. The van der Waals surface area contributed by atoms with Crippen molar-refractivity contribution in [1.82, 2.24) is 5.32 Å². The molecule has 6 heteroatoms. The van der Waals surface area contributed by atoms with Gasteiger partial charge in [0.25, 0.3) is 0 Å². The van der Waals surface area contributed by atoms with Crippen LogP contribution in [0.25, 0.3) is 0 Å². The standard InChI is InChI=1S/C19H27NO5/c1-18(2,3)14-6-8-15(9-7-14)25-11-4-5-16(21)20-19(17(22)23)10-12-24-13-19/h6-9H,4-5,10-13H2,1-3H3,(H,20,21)(H,22,23). The van der Waals surface area contributed by atoms with Crippen LogP contribution in [0.15, 0.2) is 24.3 Å². The Labute approximate surface area is 148 Å². The molecule has 0 bridgehead atoms. The molecule has 0 aromatic heterocycles. The van der Waals surface area contributed by atoms with Crippen LogP contribution in [0.4, 0.5) is 0 Å². The zero-order valence-corrected chi connectivity index (χ0v) is 15.1. The van der Waals surface area contributed by atoms with Crippen molar-refractivity contribution >= 4 is 11.9 Å². The van der Waals surface area contributed by atoms with Crippen LogP contribution in [-0.2, 0) is 19.7 Å². The Morgan fingerprint density at radius 1 is 1.28 bits per heavy atom. The van der Waals surface area contributed by atoms with Crippen LogP contribution in [0.3, 0.4) is 0 Å². The molecule has 1 aliphatic rings. The number of amides is 1. The second-order valence-corrected chi connectivity index (χ2v) is 7.46. The highest BCUT2D eigenvalue weighted by Crippen LogP contribution is 2.24. The van der Waals surface area contributed by atoms with Crippen LogP contribution in [0, 0.1) is 0 Å². The zero-order chi connectivity index (χ0) is 18.5. The maximum absolute atomic E-state index is 12.0. The first-order valence-corrected chi connectivity index (χ1v) is 8.58. The van der Waals surface area contributed by atoms with E-state index in [4.69, 9.17) is 9.47 Å². The smallest absolute Gasteiger partial charge is 0.331 e. The van der Waals surface area contributed by atoms with Crippen molar-refractivity contribution in [3.8, 4) is 5.75 Å². The number of carbonyl (C=O) groups excluding carboxylic acids is 1. The average molecular weight is 349 g/mol. The van der Waals surface area contributed by atoms with Crippen molar-refractivity contribution in [3.63, 3.8) is 0 Å². The molecule has 1 aromatic carbocycles. The minimum atomic E-state index is -1.28. The van der Waals surface area contributed by atoms with Crippen molar-refractivity contribution in [2.24, 2.45) is 0 Å². The van der Waals surface area contributed by atoms with Gasteiger partial charge in [-0.25, -0.2) is 4.79 Å². The molecule has 1 unspecified atom stereocenters. The predicted octanol–water partition coefficient (Wildman–Crippen LogP) is 2.50. The number of hydrogen-bond donors (Lipinski definition) is 2. The molecule has 0 aliphatic carbocycles. The fraction of sp³-hybridized carbons (Fsp3) is 0.579. The van der Waals surface area contributed by atoms with Gasteiger partial charge in [-0.05, 0) is 29.5 Å². The molecule has 1 saturated heterocycles. The first-order valence-electron chi connectivity index (χ1n) is 8.58. The van der Waals surface area contributed by atoms with Gasteiger partial charge in [-0.3, -0.25) is 4.79 Å². The number of carboxylic acids is 1. The topological polar surface area (TPSA) is 84.9 Å². The summed E-state index contributed by atoms with van der Waals surface area (Å²) < 4.78 is 10.8.